The van der Waals surface area contributed by atoms with E-state index in [1.54, 1.807) is 18.2 Å². The molecule has 0 saturated carbocycles. The first-order valence-corrected chi connectivity index (χ1v) is 9.11. The molecule has 30 heavy (non-hydrogen) atoms. The van der Waals surface area contributed by atoms with Gasteiger partial charge in [-0.3, -0.25) is 19.7 Å². The molecule has 0 N–H and O–H groups in total. The number of hydrogen-bond donors (Lipinski definition) is 0. The Labute approximate surface area is 171 Å². The lowest BCUT2D eigenvalue weighted by Crippen LogP contribution is -2.23. The van der Waals surface area contributed by atoms with E-state index in [-0.39, 0.29) is 34.4 Å². The normalized spacial score (nSPS) is 12.2. The van der Waals surface area contributed by atoms with E-state index in [4.69, 9.17) is 4.74 Å². The first-order chi connectivity index (χ1) is 14.4. The lowest BCUT2D eigenvalue weighted by molar-refractivity contribution is -0.385. The molecule has 0 saturated heterocycles. The number of esters is 1. The number of ether oxygens (including phenoxy) is 1. The van der Waals surface area contributed by atoms with Gasteiger partial charge in [-0.2, -0.15) is 0 Å². The van der Waals surface area contributed by atoms with Crippen LogP contribution in [-0.2, 0) is 11.3 Å². The SMILES string of the molecule is Cc1cccc(COC(=O)c2ccc3c(c2[N+](=O)[O-])C(=O)c2ccccc2C3=O)c1. The monoisotopic (exact) mass is 401 g/mol. The van der Waals surface area contributed by atoms with E-state index >= 15 is 0 Å². The lowest BCUT2D eigenvalue weighted by Gasteiger charge is -2.18. The molecule has 7 heteroatoms. The van der Waals surface area contributed by atoms with Crippen molar-refractivity contribution >= 4 is 23.2 Å². The number of aryl methyl sites for hydroxylation is 1. The van der Waals surface area contributed by atoms with E-state index < -0.39 is 28.1 Å². The van der Waals surface area contributed by atoms with Crippen molar-refractivity contribution < 1.29 is 24.0 Å². The van der Waals surface area contributed by atoms with Gasteiger partial charge in [-0.1, -0.05) is 54.1 Å². The van der Waals surface area contributed by atoms with Crippen LogP contribution in [0.1, 0.15) is 53.3 Å². The molecule has 7 nitrogen and oxygen atoms in total. The van der Waals surface area contributed by atoms with E-state index in [0.29, 0.717) is 0 Å². The van der Waals surface area contributed by atoms with Crippen molar-refractivity contribution in [2.45, 2.75) is 13.5 Å². The minimum absolute atomic E-state index is 0.0726. The van der Waals surface area contributed by atoms with Crippen molar-refractivity contribution in [2.75, 3.05) is 0 Å². The van der Waals surface area contributed by atoms with Gasteiger partial charge in [0.15, 0.2) is 5.78 Å². The van der Waals surface area contributed by atoms with E-state index in [1.807, 2.05) is 25.1 Å². The van der Waals surface area contributed by atoms with Crippen LogP contribution in [0, 0.1) is 17.0 Å². The fourth-order valence-electron chi connectivity index (χ4n) is 3.55. The Morgan fingerprint density at radius 2 is 1.63 bits per heavy atom. The molecule has 0 heterocycles. The van der Waals surface area contributed by atoms with Gasteiger partial charge in [0.2, 0.25) is 5.78 Å². The van der Waals surface area contributed by atoms with Crippen LogP contribution in [0.25, 0.3) is 0 Å². The number of hydrogen-bond acceptors (Lipinski definition) is 6. The summed E-state index contributed by atoms with van der Waals surface area (Å²) in [5.74, 6) is -2.10. The highest BCUT2D eigenvalue weighted by Crippen LogP contribution is 2.35. The van der Waals surface area contributed by atoms with Gasteiger partial charge < -0.3 is 4.74 Å². The molecule has 0 radical (unpaired) electrons. The van der Waals surface area contributed by atoms with Gasteiger partial charge in [0, 0.05) is 16.7 Å². The molecule has 0 unspecified atom stereocenters. The van der Waals surface area contributed by atoms with Crippen LogP contribution < -0.4 is 0 Å². The largest absolute Gasteiger partial charge is 0.457 e. The minimum atomic E-state index is -0.940. The van der Waals surface area contributed by atoms with Crippen molar-refractivity contribution in [2.24, 2.45) is 0 Å². The Balaban J connectivity index is 1.75. The van der Waals surface area contributed by atoms with E-state index in [0.717, 1.165) is 17.2 Å². The molecule has 0 amide bonds. The molecule has 1 aliphatic rings. The highest BCUT2D eigenvalue weighted by molar-refractivity contribution is 6.30. The third kappa shape index (κ3) is 3.16. The number of nitro benzene ring substituents is 1. The number of carbonyl (C=O) groups is 3. The molecule has 3 aromatic carbocycles. The Kier molecular flexibility index (Phi) is 4.71. The molecular weight excluding hydrogens is 386 g/mol. The number of benzene rings is 3. The van der Waals surface area contributed by atoms with Crippen molar-refractivity contribution in [3.05, 3.63) is 110 Å². The fourth-order valence-corrected chi connectivity index (χ4v) is 3.55. The third-order valence-corrected chi connectivity index (χ3v) is 4.92. The zero-order chi connectivity index (χ0) is 21.4. The average Bonchev–Trinajstić information content (AvgIpc) is 2.74. The Bertz CT molecular complexity index is 1240. The molecule has 148 valence electrons. The summed E-state index contributed by atoms with van der Waals surface area (Å²) in [4.78, 5) is 49.3. The maximum absolute atomic E-state index is 13.0. The molecule has 4 rings (SSSR count). The van der Waals surface area contributed by atoms with Gasteiger partial charge >= 0.3 is 5.97 Å². The number of fused-ring (bicyclic) bond motifs is 2. The number of ketones is 2. The number of carbonyl (C=O) groups excluding carboxylic acids is 3. The summed E-state index contributed by atoms with van der Waals surface area (Å²) in [6.07, 6.45) is 0. The van der Waals surface area contributed by atoms with Crippen LogP contribution in [0.5, 0.6) is 0 Å². The number of rotatable bonds is 4. The Hall–Kier alpha value is -4.13. The summed E-state index contributed by atoms with van der Waals surface area (Å²) < 4.78 is 5.24. The standard InChI is InChI=1S/C23H15NO6/c1-13-5-4-6-14(11-13)12-30-23(27)18-10-9-17-19(20(18)24(28)29)22(26)16-8-3-2-7-15(16)21(17)25/h2-11H,12H2,1H3. The van der Waals surface area contributed by atoms with Crippen LogP contribution in [-0.4, -0.2) is 22.5 Å². The van der Waals surface area contributed by atoms with Crippen LogP contribution in [0.2, 0.25) is 0 Å². The molecule has 0 bridgehead atoms. The molecule has 1 aliphatic carbocycles. The second-order valence-corrected chi connectivity index (χ2v) is 6.91. The first-order valence-electron chi connectivity index (χ1n) is 9.11. The summed E-state index contributed by atoms with van der Waals surface area (Å²) in [5.41, 5.74) is 0.397. The van der Waals surface area contributed by atoms with E-state index in [1.165, 1.54) is 18.2 Å². The fraction of sp³-hybridized carbons (Fsp3) is 0.0870. The van der Waals surface area contributed by atoms with E-state index in [2.05, 4.69) is 0 Å². The smallest absolute Gasteiger partial charge is 0.345 e. The van der Waals surface area contributed by atoms with Crippen LogP contribution in [0.3, 0.4) is 0 Å². The molecule has 3 aromatic rings. The summed E-state index contributed by atoms with van der Waals surface area (Å²) >= 11 is 0. The summed E-state index contributed by atoms with van der Waals surface area (Å²) in [6, 6.07) is 15.8. The number of nitrogens with zero attached hydrogens (tertiary/aromatic N) is 1. The van der Waals surface area contributed by atoms with Gasteiger partial charge in [0.1, 0.15) is 17.7 Å². The quantitative estimate of drug-likeness (QED) is 0.290. The molecule has 0 aromatic heterocycles. The summed E-state index contributed by atoms with van der Waals surface area (Å²) in [7, 11) is 0. The second kappa shape index (κ2) is 7.36. The molecular formula is C23H15NO6. The predicted molar refractivity (Wildman–Crippen MR) is 107 cm³/mol. The zero-order valence-electron chi connectivity index (χ0n) is 15.9. The first kappa shape index (κ1) is 19.2. The number of nitro groups is 1. The Morgan fingerprint density at radius 3 is 2.30 bits per heavy atom. The topological polar surface area (TPSA) is 104 Å². The van der Waals surface area contributed by atoms with Gasteiger partial charge in [0.05, 0.1) is 4.92 Å². The maximum Gasteiger partial charge on any atom is 0.345 e. The van der Waals surface area contributed by atoms with Crippen LogP contribution >= 0.6 is 0 Å². The van der Waals surface area contributed by atoms with Gasteiger partial charge in [-0.15, -0.1) is 0 Å². The van der Waals surface area contributed by atoms with Crippen molar-refractivity contribution in [3.63, 3.8) is 0 Å². The zero-order valence-corrected chi connectivity index (χ0v) is 15.9. The molecule has 0 atom stereocenters. The van der Waals surface area contributed by atoms with Crippen molar-refractivity contribution in [3.8, 4) is 0 Å². The Morgan fingerprint density at radius 1 is 0.933 bits per heavy atom. The molecule has 0 fully saturated rings. The van der Waals surface area contributed by atoms with Crippen molar-refractivity contribution in [1.82, 2.24) is 0 Å². The molecule has 0 aliphatic heterocycles. The minimum Gasteiger partial charge on any atom is -0.457 e. The van der Waals surface area contributed by atoms with Crippen LogP contribution in [0.4, 0.5) is 5.69 Å². The maximum atomic E-state index is 13.0. The molecule has 0 spiro atoms. The van der Waals surface area contributed by atoms with Crippen molar-refractivity contribution in [1.29, 1.82) is 0 Å². The predicted octanol–water partition coefficient (Wildman–Crippen LogP) is 4.04. The van der Waals surface area contributed by atoms with Gasteiger partial charge in [0.25, 0.3) is 5.69 Å². The van der Waals surface area contributed by atoms with E-state index in [9.17, 15) is 24.5 Å². The summed E-state index contributed by atoms with van der Waals surface area (Å²) in [6.45, 7) is 1.81. The highest BCUT2D eigenvalue weighted by atomic mass is 16.6. The lowest BCUT2D eigenvalue weighted by atomic mass is 9.82. The highest BCUT2D eigenvalue weighted by Gasteiger charge is 2.38. The summed E-state index contributed by atoms with van der Waals surface area (Å²) in [5, 5.41) is 11.8. The third-order valence-electron chi connectivity index (χ3n) is 4.92. The van der Waals surface area contributed by atoms with Gasteiger partial charge in [-0.25, -0.2) is 4.79 Å². The second-order valence-electron chi connectivity index (χ2n) is 6.91. The average molecular weight is 401 g/mol. The van der Waals surface area contributed by atoms with Gasteiger partial charge in [-0.05, 0) is 24.6 Å². The van der Waals surface area contributed by atoms with Crippen LogP contribution in [0.15, 0.2) is 60.7 Å².